The van der Waals surface area contributed by atoms with Gasteiger partial charge in [0, 0.05) is 29.3 Å². The van der Waals surface area contributed by atoms with E-state index in [1.54, 1.807) is 60.7 Å². The largest absolute Gasteiger partial charge is 0.489 e. The maximum absolute atomic E-state index is 13.5. The minimum Gasteiger partial charge on any atom is -0.489 e. The number of ether oxygens (including phenoxy) is 1. The molecule has 1 aliphatic carbocycles. The zero-order valence-electron chi connectivity index (χ0n) is 21.5. The lowest BCUT2D eigenvalue weighted by Crippen LogP contribution is -2.33. The van der Waals surface area contributed by atoms with Crippen molar-refractivity contribution >= 4 is 17.7 Å². The molecule has 0 saturated heterocycles. The van der Waals surface area contributed by atoms with Gasteiger partial charge in [-0.2, -0.15) is 0 Å². The monoisotopic (exact) mass is 519 g/mol. The van der Waals surface area contributed by atoms with Crippen molar-refractivity contribution in [3.8, 4) is 5.75 Å². The summed E-state index contributed by atoms with van der Waals surface area (Å²) < 4.78 is 5.98. The van der Waals surface area contributed by atoms with Gasteiger partial charge in [0.25, 0.3) is 5.91 Å². The number of carbonyl (C=O) groups is 3. The number of benzene rings is 4. The van der Waals surface area contributed by atoms with Gasteiger partial charge in [0.2, 0.25) is 0 Å². The third kappa shape index (κ3) is 6.60. The van der Waals surface area contributed by atoms with Crippen molar-refractivity contribution in [2.24, 2.45) is 0 Å². The summed E-state index contributed by atoms with van der Waals surface area (Å²) in [6.45, 7) is 0.794. The molecule has 6 nitrogen and oxygen atoms in total. The molecule has 1 saturated carbocycles. The van der Waals surface area contributed by atoms with Crippen molar-refractivity contribution < 1.29 is 24.2 Å². The minimum absolute atomic E-state index is 0.0276. The first-order chi connectivity index (χ1) is 19.0. The van der Waals surface area contributed by atoms with E-state index in [0.717, 1.165) is 24.0 Å². The lowest BCUT2D eigenvalue weighted by molar-refractivity contribution is -0.136. The molecule has 0 bridgehead atoms. The molecule has 1 N–H and O–H groups in total. The molecule has 0 unspecified atom stereocenters. The van der Waals surface area contributed by atoms with Gasteiger partial charge < -0.3 is 14.7 Å². The number of ketones is 1. The standard InChI is InChI=1S/C33H29NO5/c35-31(36)20-23-10-18-30(19-11-23)39-22-28-9-5-4-8-27(28)21-34(29-16-17-29)33(38)26-14-12-25(13-15-26)32(37)24-6-2-1-3-7-24/h1-15,18-19,29H,16-17,20-22H2,(H,35,36). The van der Waals surface area contributed by atoms with Gasteiger partial charge in [0.05, 0.1) is 6.42 Å². The van der Waals surface area contributed by atoms with Crippen LogP contribution in [0.5, 0.6) is 5.75 Å². The minimum atomic E-state index is -0.871. The van der Waals surface area contributed by atoms with Crippen molar-refractivity contribution in [1.29, 1.82) is 0 Å². The van der Waals surface area contributed by atoms with Gasteiger partial charge in [-0.25, -0.2) is 0 Å². The fourth-order valence-corrected chi connectivity index (χ4v) is 4.51. The van der Waals surface area contributed by atoms with Gasteiger partial charge in [0.15, 0.2) is 5.78 Å². The lowest BCUT2D eigenvalue weighted by atomic mass is 10.0. The molecular formula is C33H29NO5. The van der Waals surface area contributed by atoms with E-state index in [4.69, 9.17) is 9.84 Å². The van der Waals surface area contributed by atoms with Gasteiger partial charge in [-0.05, 0) is 53.8 Å². The third-order valence-corrected chi connectivity index (χ3v) is 6.81. The molecule has 0 spiro atoms. The lowest BCUT2D eigenvalue weighted by Gasteiger charge is -2.24. The number of aliphatic carboxylic acids is 1. The number of nitrogens with zero attached hydrogens (tertiary/aromatic N) is 1. The summed E-state index contributed by atoms with van der Waals surface area (Å²) in [6.07, 6.45) is 1.91. The zero-order chi connectivity index (χ0) is 27.2. The van der Waals surface area contributed by atoms with Crippen LogP contribution in [-0.2, 0) is 24.4 Å². The van der Waals surface area contributed by atoms with Crippen LogP contribution < -0.4 is 4.74 Å². The molecule has 1 aliphatic rings. The summed E-state index contributed by atoms with van der Waals surface area (Å²) in [6, 6.07) is 31.2. The number of carboxylic acids is 1. The van der Waals surface area contributed by atoms with Crippen LogP contribution in [0.4, 0.5) is 0 Å². The van der Waals surface area contributed by atoms with E-state index in [0.29, 0.717) is 41.2 Å². The van der Waals surface area contributed by atoms with E-state index in [1.165, 1.54) is 0 Å². The van der Waals surface area contributed by atoms with Crippen LogP contribution in [0, 0.1) is 0 Å². The van der Waals surface area contributed by atoms with Crippen molar-refractivity contribution in [3.05, 3.63) is 137 Å². The van der Waals surface area contributed by atoms with Crippen LogP contribution in [0.3, 0.4) is 0 Å². The predicted octanol–water partition coefficient (Wildman–Crippen LogP) is 5.93. The number of amides is 1. The average Bonchev–Trinajstić information content (AvgIpc) is 3.81. The Morgan fingerprint density at radius 3 is 1.95 bits per heavy atom. The number of rotatable bonds is 11. The van der Waals surface area contributed by atoms with E-state index in [1.807, 2.05) is 47.4 Å². The molecule has 4 aromatic rings. The molecule has 0 aliphatic heterocycles. The van der Waals surface area contributed by atoms with E-state index >= 15 is 0 Å². The van der Waals surface area contributed by atoms with Crippen LogP contribution in [-0.4, -0.2) is 33.7 Å². The fraction of sp³-hybridized carbons (Fsp3) is 0.182. The highest BCUT2D eigenvalue weighted by Crippen LogP contribution is 2.31. The molecule has 4 aromatic carbocycles. The van der Waals surface area contributed by atoms with Crippen LogP contribution >= 0.6 is 0 Å². The summed E-state index contributed by atoms with van der Waals surface area (Å²) in [5.41, 5.74) is 4.43. The summed E-state index contributed by atoms with van der Waals surface area (Å²) in [5.74, 6) is -0.344. The first-order valence-electron chi connectivity index (χ1n) is 13.0. The summed E-state index contributed by atoms with van der Waals surface area (Å²) in [7, 11) is 0. The second-order valence-electron chi connectivity index (χ2n) is 9.71. The molecule has 5 rings (SSSR count). The fourth-order valence-electron chi connectivity index (χ4n) is 4.51. The molecule has 39 heavy (non-hydrogen) atoms. The highest BCUT2D eigenvalue weighted by atomic mass is 16.5. The molecule has 0 heterocycles. The van der Waals surface area contributed by atoms with E-state index in [-0.39, 0.29) is 24.2 Å². The first-order valence-corrected chi connectivity index (χ1v) is 13.0. The Balaban J connectivity index is 1.27. The highest BCUT2D eigenvalue weighted by Gasteiger charge is 2.33. The predicted molar refractivity (Wildman–Crippen MR) is 148 cm³/mol. The SMILES string of the molecule is O=C(O)Cc1ccc(OCc2ccccc2CN(C(=O)c2ccc(C(=O)c3ccccc3)cc2)C2CC2)cc1. The Kier molecular flexibility index (Phi) is 7.83. The summed E-state index contributed by atoms with van der Waals surface area (Å²) in [5, 5.41) is 8.95. The van der Waals surface area contributed by atoms with Gasteiger partial charge in [-0.3, -0.25) is 14.4 Å². The van der Waals surface area contributed by atoms with Crippen molar-refractivity contribution in [2.75, 3.05) is 0 Å². The normalized spacial score (nSPS) is 12.5. The Morgan fingerprint density at radius 2 is 1.31 bits per heavy atom. The number of carbonyl (C=O) groups excluding carboxylic acids is 2. The Morgan fingerprint density at radius 1 is 0.718 bits per heavy atom. The Bertz CT molecular complexity index is 1460. The van der Waals surface area contributed by atoms with Crippen molar-refractivity contribution in [2.45, 2.75) is 38.5 Å². The number of carboxylic acid groups (broad SMARTS) is 1. The molecule has 1 amide bonds. The summed E-state index contributed by atoms with van der Waals surface area (Å²) >= 11 is 0. The maximum Gasteiger partial charge on any atom is 0.307 e. The average molecular weight is 520 g/mol. The van der Waals surface area contributed by atoms with Crippen molar-refractivity contribution in [3.63, 3.8) is 0 Å². The molecular weight excluding hydrogens is 490 g/mol. The molecule has 1 fully saturated rings. The Labute approximate surface area is 227 Å². The Hall–Kier alpha value is -4.71. The van der Waals surface area contributed by atoms with Crippen LogP contribution in [0.25, 0.3) is 0 Å². The smallest absolute Gasteiger partial charge is 0.307 e. The summed E-state index contributed by atoms with van der Waals surface area (Å²) in [4.78, 5) is 39.1. The molecule has 0 aromatic heterocycles. The molecule has 0 radical (unpaired) electrons. The molecule has 6 heteroatoms. The zero-order valence-corrected chi connectivity index (χ0v) is 21.5. The topological polar surface area (TPSA) is 83.9 Å². The van der Waals surface area contributed by atoms with Crippen LogP contribution in [0.2, 0.25) is 0 Å². The van der Waals surface area contributed by atoms with Gasteiger partial charge in [-0.1, -0.05) is 78.9 Å². The molecule has 0 atom stereocenters. The van der Waals surface area contributed by atoms with E-state index in [9.17, 15) is 14.4 Å². The third-order valence-electron chi connectivity index (χ3n) is 6.81. The van der Waals surface area contributed by atoms with Gasteiger partial charge >= 0.3 is 5.97 Å². The second kappa shape index (κ2) is 11.8. The quantitative estimate of drug-likeness (QED) is 0.248. The van der Waals surface area contributed by atoms with Crippen molar-refractivity contribution in [1.82, 2.24) is 4.90 Å². The van der Waals surface area contributed by atoms with E-state index in [2.05, 4.69) is 0 Å². The maximum atomic E-state index is 13.5. The van der Waals surface area contributed by atoms with Crippen LogP contribution in [0.15, 0.2) is 103 Å². The first kappa shape index (κ1) is 25.9. The van der Waals surface area contributed by atoms with Crippen LogP contribution in [0.1, 0.15) is 55.8 Å². The molecule has 196 valence electrons. The van der Waals surface area contributed by atoms with E-state index < -0.39 is 5.97 Å². The second-order valence-corrected chi connectivity index (χ2v) is 9.71. The van der Waals surface area contributed by atoms with Gasteiger partial charge in [-0.15, -0.1) is 0 Å². The highest BCUT2D eigenvalue weighted by molar-refractivity contribution is 6.09. The number of hydrogen-bond acceptors (Lipinski definition) is 4. The number of hydrogen-bond donors (Lipinski definition) is 1. The van der Waals surface area contributed by atoms with Gasteiger partial charge in [0.1, 0.15) is 12.4 Å².